The number of thiocarbonyl (C=S) groups is 1. The first-order valence-electron chi connectivity index (χ1n) is 6.53. The molecule has 1 aliphatic rings. The Kier molecular flexibility index (Phi) is 4.25. The molecule has 1 amide bonds. The van der Waals surface area contributed by atoms with Crippen LogP contribution in [0.1, 0.15) is 23.2 Å². The lowest BCUT2D eigenvalue weighted by Gasteiger charge is -2.40. The van der Waals surface area contributed by atoms with E-state index in [1.54, 1.807) is 12.1 Å². The van der Waals surface area contributed by atoms with Gasteiger partial charge in [0.2, 0.25) is 0 Å². The molecule has 1 aliphatic heterocycles. The van der Waals surface area contributed by atoms with Crippen LogP contribution in [0.3, 0.4) is 0 Å². The molecule has 1 aromatic carbocycles. The van der Waals surface area contributed by atoms with Crippen molar-refractivity contribution in [3.63, 3.8) is 0 Å². The Hall–Kier alpha value is -1.66. The predicted molar refractivity (Wildman–Crippen MR) is 81.8 cm³/mol. The van der Waals surface area contributed by atoms with Crippen LogP contribution in [0.25, 0.3) is 0 Å². The van der Waals surface area contributed by atoms with Gasteiger partial charge in [-0.05, 0) is 38.1 Å². The van der Waals surface area contributed by atoms with Crippen LogP contribution in [0.5, 0.6) is 5.75 Å². The molecule has 0 spiro atoms. The molecule has 0 radical (unpaired) electrons. The highest BCUT2D eigenvalue weighted by molar-refractivity contribution is 7.80. The zero-order valence-electron chi connectivity index (χ0n) is 11.4. The zero-order valence-corrected chi connectivity index (χ0v) is 12.2. The summed E-state index contributed by atoms with van der Waals surface area (Å²) in [5, 5.41) is 12.4. The number of rotatable bonds is 3. The Labute approximate surface area is 123 Å². The number of aromatic hydroxyl groups is 1. The van der Waals surface area contributed by atoms with Crippen LogP contribution in [-0.4, -0.2) is 46.6 Å². The quantitative estimate of drug-likeness (QED) is 0.721. The summed E-state index contributed by atoms with van der Waals surface area (Å²) in [7, 11) is 2.03. The highest BCUT2D eigenvalue weighted by atomic mass is 32.1. The normalized spacial score (nSPS) is 18.4. The van der Waals surface area contributed by atoms with Crippen LogP contribution < -0.4 is 11.1 Å². The molecule has 0 saturated carbocycles. The number of carbonyl (C=O) groups is 1. The number of benzene rings is 1. The monoisotopic (exact) mass is 293 g/mol. The molecule has 20 heavy (non-hydrogen) atoms. The van der Waals surface area contributed by atoms with E-state index in [4.69, 9.17) is 18.0 Å². The molecule has 1 fully saturated rings. The van der Waals surface area contributed by atoms with Gasteiger partial charge in [0, 0.05) is 18.7 Å². The van der Waals surface area contributed by atoms with E-state index in [1.807, 2.05) is 7.05 Å². The number of piperidine rings is 1. The molecule has 0 aromatic heterocycles. The Balaban J connectivity index is 2.17. The molecule has 1 heterocycles. The number of amides is 1. The molecule has 2 rings (SSSR count). The number of hydrogen-bond donors (Lipinski definition) is 3. The first-order chi connectivity index (χ1) is 9.43. The van der Waals surface area contributed by atoms with Gasteiger partial charge >= 0.3 is 0 Å². The van der Waals surface area contributed by atoms with Gasteiger partial charge in [0.05, 0.1) is 10.5 Å². The lowest BCUT2D eigenvalue weighted by Crippen LogP contribution is -2.61. The highest BCUT2D eigenvalue weighted by Crippen LogP contribution is 2.23. The lowest BCUT2D eigenvalue weighted by molar-refractivity contribution is 0.0890. The molecule has 0 bridgehead atoms. The van der Waals surface area contributed by atoms with Gasteiger partial charge in [0.25, 0.3) is 5.91 Å². The summed E-state index contributed by atoms with van der Waals surface area (Å²) in [5.41, 5.74) is 5.62. The predicted octanol–water partition coefficient (Wildman–Crippen LogP) is 0.872. The van der Waals surface area contributed by atoms with Gasteiger partial charge in [0.1, 0.15) is 5.75 Å². The number of nitrogens with two attached hydrogens (primary N) is 1. The maximum absolute atomic E-state index is 12.3. The fourth-order valence-corrected chi connectivity index (χ4v) is 2.63. The Morgan fingerprint density at radius 1 is 1.45 bits per heavy atom. The molecular weight excluding hydrogens is 274 g/mol. The molecule has 0 aliphatic carbocycles. The molecule has 5 nitrogen and oxygen atoms in total. The van der Waals surface area contributed by atoms with Crippen LogP contribution >= 0.6 is 12.2 Å². The third kappa shape index (κ3) is 3.08. The van der Waals surface area contributed by atoms with Crippen LogP contribution in [0.4, 0.5) is 0 Å². The van der Waals surface area contributed by atoms with Gasteiger partial charge in [-0.25, -0.2) is 0 Å². The average molecular weight is 293 g/mol. The molecule has 0 atom stereocenters. The minimum atomic E-state index is -0.635. The summed E-state index contributed by atoms with van der Waals surface area (Å²) in [6.45, 7) is 1.66. The van der Waals surface area contributed by atoms with Gasteiger partial charge in [-0.2, -0.15) is 0 Å². The molecule has 6 heteroatoms. The Bertz CT molecular complexity index is 525. The van der Waals surface area contributed by atoms with E-state index in [2.05, 4.69) is 10.2 Å². The molecular formula is C14H19N3O2S. The number of nitrogens with zero attached hydrogens (tertiary/aromatic N) is 1. The third-order valence-electron chi connectivity index (χ3n) is 3.77. The van der Waals surface area contributed by atoms with E-state index in [0.717, 1.165) is 13.1 Å². The largest absolute Gasteiger partial charge is 0.508 e. The highest BCUT2D eigenvalue weighted by Gasteiger charge is 2.38. The fraction of sp³-hybridized carbons (Fsp3) is 0.429. The molecule has 4 N–H and O–H groups in total. The van der Waals surface area contributed by atoms with Crippen LogP contribution in [-0.2, 0) is 0 Å². The van der Waals surface area contributed by atoms with Crippen molar-refractivity contribution >= 4 is 23.1 Å². The van der Waals surface area contributed by atoms with Gasteiger partial charge < -0.3 is 21.1 Å². The Morgan fingerprint density at radius 3 is 2.65 bits per heavy atom. The first-order valence-corrected chi connectivity index (χ1v) is 6.94. The molecule has 0 unspecified atom stereocenters. The van der Waals surface area contributed by atoms with Crippen molar-refractivity contribution in [1.82, 2.24) is 10.2 Å². The van der Waals surface area contributed by atoms with Crippen molar-refractivity contribution in [2.75, 3.05) is 20.1 Å². The third-order valence-corrected chi connectivity index (χ3v) is 4.16. The van der Waals surface area contributed by atoms with Crippen molar-refractivity contribution in [1.29, 1.82) is 0 Å². The summed E-state index contributed by atoms with van der Waals surface area (Å²) in [6.07, 6.45) is 1.40. The van der Waals surface area contributed by atoms with E-state index >= 15 is 0 Å². The Morgan fingerprint density at radius 2 is 2.10 bits per heavy atom. The van der Waals surface area contributed by atoms with Crippen molar-refractivity contribution in [3.8, 4) is 5.75 Å². The summed E-state index contributed by atoms with van der Waals surface area (Å²) in [5.74, 6) is -0.205. The fourth-order valence-electron chi connectivity index (χ4n) is 2.37. The second-order valence-electron chi connectivity index (χ2n) is 5.25. The van der Waals surface area contributed by atoms with Gasteiger partial charge in [-0.3, -0.25) is 4.79 Å². The topological polar surface area (TPSA) is 78.6 Å². The maximum atomic E-state index is 12.3. The van der Waals surface area contributed by atoms with Crippen molar-refractivity contribution < 1.29 is 9.90 Å². The first kappa shape index (κ1) is 14.7. The summed E-state index contributed by atoms with van der Waals surface area (Å²) in [6, 6.07) is 6.23. The van der Waals surface area contributed by atoms with Crippen LogP contribution in [0.2, 0.25) is 0 Å². The van der Waals surface area contributed by atoms with E-state index in [0.29, 0.717) is 23.4 Å². The van der Waals surface area contributed by atoms with Crippen LogP contribution in [0.15, 0.2) is 24.3 Å². The number of phenolic OH excluding ortho intramolecular Hbond substituents is 1. The van der Waals surface area contributed by atoms with Crippen LogP contribution in [0, 0.1) is 0 Å². The number of carbonyl (C=O) groups excluding carboxylic acids is 1. The molecule has 1 aromatic rings. The molecule has 1 saturated heterocycles. The van der Waals surface area contributed by atoms with Crippen molar-refractivity contribution in [2.45, 2.75) is 18.4 Å². The van der Waals surface area contributed by atoms with Gasteiger partial charge in [0.15, 0.2) is 0 Å². The average Bonchev–Trinajstić information content (AvgIpc) is 2.41. The van der Waals surface area contributed by atoms with Gasteiger partial charge in [-0.1, -0.05) is 18.3 Å². The van der Waals surface area contributed by atoms with Gasteiger partial charge in [-0.15, -0.1) is 0 Å². The standard InChI is InChI=1S/C14H19N3O2S/c1-17-7-5-14(6-8-17,13(15)20)16-12(19)10-3-2-4-11(18)9-10/h2-4,9,18H,5-8H2,1H3,(H2,15,20)(H,16,19). The van der Waals surface area contributed by atoms with Crippen molar-refractivity contribution in [3.05, 3.63) is 29.8 Å². The summed E-state index contributed by atoms with van der Waals surface area (Å²) in [4.78, 5) is 14.8. The minimum absolute atomic E-state index is 0.0606. The number of likely N-dealkylation sites (tertiary alicyclic amines) is 1. The summed E-state index contributed by atoms with van der Waals surface area (Å²) >= 11 is 5.16. The maximum Gasteiger partial charge on any atom is 0.252 e. The minimum Gasteiger partial charge on any atom is -0.508 e. The van der Waals surface area contributed by atoms with E-state index in [9.17, 15) is 9.90 Å². The lowest BCUT2D eigenvalue weighted by atomic mass is 9.87. The number of phenols is 1. The molecule has 108 valence electrons. The number of hydrogen-bond acceptors (Lipinski definition) is 4. The zero-order chi connectivity index (χ0) is 14.8. The van der Waals surface area contributed by atoms with E-state index in [1.165, 1.54) is 12.1 Å². The van der Waals surface area contributed by atoms with E-state index < -0.39 is 5.54 Å². The SMILES string of the molecule is CN1CCC(NC(=O)c2cccc(O)c2)(C(N)=S)CC1. The smallest absolute Gasteiger partial charge is 0.252 e. The summed E-state index contributed by atoms with van der Waals surface area (Å²) < 4.78 is 0. The number of nitrogens with one attached hydrogen (secondary N) is 1. The second kappa shape index (κ2) is 5.76. The second-order valence-corrected chi connectivity index (χ2v) is 5.69. The van der Waals surface area contributed by atoms with Crippen molar-refractivity contribution in [2.24, 2.45) is 5.73 Å². The van der Waals surface area contributed by atoms with E-state index in [-0.39, 0.29) is 11.7 Å².